The quantitative estimate of drug-likeness (QED) is 0.737. The lowest BCUT2D eigenvalue weighted by atomic mass is 9.91. The standard InChI is InChI=1S/C22H27NO4S/c1-16-6-4-5-7-20(16)22(12-13-22)15-23-21(24)17(2)14-28(25,26)19-10-8-18(27-3)9-11-19/h4-11,17H,12-15H2,1-3H3,(H,23,24). The summed E-state index contributed by atoms with van der Waals surface area (Å²) in [7, 11) is -2.02. The average molecular weight is 402 g/mol. The first-order valence-electron chi connectivity index (χ1n) is 9.48. The van der Waals surface area contributed by atoms with Gasteiger partial charge < -0.3 is 10.1 Å². The van der Waals surface area contributed by atoms with Crippen LogP contribution in [0.15, 0.2) is 53.4 Å². The van der Waals surface area contributed by atoms with Crippen LogP contribution < -0.4 is 10.1 Å². The van der Waals surface area contributed by atoms with Gasteiger partial charge in [0.25, 0.3) is 0 Å². The molecule has 1 aliphatic rings. The van der Waals surface area contributed by atoms with Crippen LogP contribution in [0, 0.1) is 12.8 Å². The molecule has 0 heterocycles. The fourth-order valence-corrected chi connectivity index (χ4v) is 5.13. The molecular weight excluding hydrogens is 374 g/mol. The van der Waals surface area contributed by atoms with Crippen LogP contribution in [0.5, 0.6) is 5.75 Å². The fraction of sp³-hybridized carbons (Fsp3) is 0.409. The van der Waals surface area contributed by atoms with Gasteiger partial charge in [-0.25, -0.2) is 8.42 Å². The molecule has 1 aliphatic carbocycles. The summed E-state index contributed by atoms with van der Waals surface area (Å²) >= 11 is 0. The van der Waals surface area contributed by atoms with E-state index >= 15 is 0 Å². The second-order valence-electron chi connectivity index (χ2n) is 7.67. The predicted molar refractivity (Wildman–Crippen MR) is 109 cm³/mol. The number of carbonyl (C=O) groups is 1. The Morgan fingerprint density at radius 3 is 2.36 bits per heavy atom. The summed E-state index contributed by atoms with van der Waals surface area (Å²) in [6.07, 6.45) is 2.08. The third-order valence-electron chi connectivity index (χ3n) is 5.51. The van der Waals surface area contributed by atoms with Gasteiger partial charge in [0, 0.05) is 17.9 Å². The Balaban J connectivity index is 1.61. The predicted octanol–water partition coefficient (Wildman–Crippen LogP) is 3.26. The molecule has 150 valence electrons. The molecule has 0 saturated heterocycles. The smallest absolute Gasteiger partial charge is 0.223 e. The maximum atomic E-state index is 12.6. The van der Waals surface area contributed by atoms with E-state index in [1.165, 1.54) is 30.4 Å². The van der Waals surface area contributed by atoms with Gasteiger partial charge in [-0.05, 0) is 55.2 Å². The van der Waals surface area contributed by atoms with Gasteiger partial charge in [0.2, 0.25) is 5.91 Å². The topological polar surface area (TPSA) is 72.5 Å². The van der Waals surface area contributed by atoms with Gasteiger partial charge in [-0.15, -0.1) is 0 Å². The number of carbonyl (C=O) groups excluding carboxylic acids is 1. The number of sulfone groups is 1. The van der Waals surface area contributed by atoms with Crippen molar-refractivity contribution in [2.75, 3.05) is 19.4 Å². The highest BCUT2D eigenvalue weighted by Crippen LogP contribution is 2.48. The molecule has 1 saturated carbocycles. The molecule has 1 N–H and O–H groups in total. The molecule has 2 aromatic carbocycles. The van der Waals surface area contributed by atoms with Crippen LogP contribution in [0.1, 0.15) is 30.9 Å². The minimum atomic E-state index is -3.54. The molecule has 0 aliphatic heterocycles. The third kappa shape index (κ3) is 4.38. The van der Waals surface area contributed by atoms with Crippen molar-refractivity contribution in [2.45, 2.75) is 37.0 Å². The Bertz CT molecular complexity index is 947. The highest BCUT2D eigenvalue weighted by Gasteiger charge is 2.45. The second-order valence-corrected chi connectivity index (χ2v) is 9.71. The Labute approximate surface area is 167 Å². The normalized spacial score (nSPS) is 16.2. The largest absolute Gasteiger partial charge is 0.497 e. The molecule has 2 aromatic rings. The van der Waals surface area contributed by atoms with Gasteiger partial charge in [-0.2, -0.15) is 0 Å². The van der Waals surface area contributed by atoms with Crippen LogP contribution in [0.4, 0.5) is 0 Å². The summed E-state index contributed by atoms with van der Waals surface area (Å²) in [6.45, 7) is 4.29. The van der Waals surface area contributed by atoms with Crippen molar-refractivity contribution in [1.29, 1.82) is 0 Å². The Morgan fingerprint density at radius 2 is 1.79 bits per heavy atom. The molecule has 0 radical (unpaired) electrons. The van der Waals surface area contributed by atoms with Crippen molar-refractivity contribution in [3.63, 3.8) is 0 Å². The van der Waals surface area contributed by atoms with Gasteiger partial charge in [-0.1, -0.05) is 31.2 Å². The first kappa shape index (κ1) is 20.4. The molecular formula is C22H27NO4S. The van der Waals surface area contributed by atoms with E-state index in [-0.39, 0.29) is 22.0 Å². The summed E-state index contributed by atoms with van der Waals surface area (Å²) in [5.74, 6) is -0.477. The fourth-order valence-electron chi connectivity index (χ4n) is 3.57. The molecule has 1 atom stereocenters. The number of aryl methyl sites for hydroxylation is 1. The number of methoxy groups -OCH3 is 1. The molecule has 0 aromatic heterocycles. The van der Waals surface area contributed by atoms with Gasteiger partial charge in [-0.3, -0.25) is 4.79 Å². The summed E-state index contributed by atoms with van der Waals surface area (Å²) in [6, 6.07) is 14.5. The van der Waals surface area contributed by atoms with Gasteiger partial charge in [0.05, 0.1) is 17.8 Å². The highest BCUT2D eigenvalue weighted by molar-refractivity contribution is 7.91. The lowest BCUT2D eigenvalue weighted by molar-refractivity contribution is -0.124. The van der Waals surface area contributed by atoms with E-state index < -0.39 is 15.8 Å². The van der Waals surface area contributed by atoms with E-state index in [9.17, 15) is 13.2 Å². The average Bonchev–Trinajstić information content (AvgIpc) is 3.47. The molecule has 0 bridgehead atoms. The molecule has 5 nitrogen and oxygen atoms in total. The molecule has 1 fully saturated rings. The van der Waals surface area contributed by atoms with E-state index in [1.807, 2.05) is 12.1 Å². The number of hydrogen-bond acceptors (Lipinski definition) is 4. The van der Waals surface area contributed by atoms with Crippen molar-refractivity contribution < 1.29 is 17.9 Å². The monoisotopic (exact) mass is 401 g/mol. The minimum Gasteiger partial charge on any atom is -0.497 e. The van der Waals surface area contributed by atoms with E-state index in [0.29, 0.717) is 12.3 Å². The summed E-state index contributed by atoms with van der Waals surface area (Å²) in [5.41, 5.74) is 2.49. The lowest BCUT2D eigenvalue weighted by Crippen LogP contribution is -2.38. The summed E-state index contributed by atoms with van der Waals surface area (Å²) in [5, 5.41) is 2.98. The Kier molecular flexibility index (Phi) is 5.79. The maximum Gasteiger partial charge on any atom is 0.223 e. The van der Waals surface area contributed by atoms with E-state index in [2.05, 4.69) is 24.4 Å². The van der Waals surface area contributed by atoms with Crippen molar-refractivity contribution in [3.8, 4) is 5.75 Å². The van der Waals surface area contributed by atoms with E-state index in [4.69, 9.17) is 4.74 Å². The van der Waals surface area contributed by atoms with Crippen molar-refractivity contribution in [1.82, 2.24) is 5.32 Å². The molecule has 6 heteroatoms. The lowest BCUT2D eigenvalue weighted by Gasteiger charge is -2.20. The van der Waals surface area contributed by atoms with E-state index in [1.54, 1.807) is 19.1 Å². The van der Waals surface area contributed by atoms with Crippen molar-refractivity contribution >= 4 is 15.7 Å². The number of benzene rings is 2. The molecule has 1 amide bonds. The number of nitrogens with one attached hydrogen (secondary N) is 1. The molecule has 3 rings (SSSR count). The van der Waals surface area contributed by atoms with Gasteiger partial charge >= 0.3 is 0 Å². The van der Waals surface area contributed by atoms with Crippen LogP contribution in [-0.2, 0) is 20.0 Å². The number of ether oxygens (including phenoxy) is 1. The second kappa shape index (κ2) is 7.95. The zero-order valence-corrected chi connectivity index (χ0v) is 17.4. The first-order valence-corrected chi connectivity index (χ1v) is 11.1. The van der Waals surface area contributed by atoms with Crippen LogP contribution in [0.3, 0.4) is 0 Å². The highest BCUT2D eigenvalue weighted by atomic mass is 32.2. The molecule has 0 spiro atoms. The number of rotatable bonds is 8. The SMILES string of the molecule is COc1ccc(S(=O)(=O)CC(C)C(=O)NCC2(c3ccccc3C)CC2)cc1. The van der Waals surface area contributed by atoms with Gasteiger partial charge in [0.15, 0.2) is 9.84 Å². The van der Waals surface area contributed by atoms with E-state index in [0.717, 1.165) is 12.8 Å². The third-order valence-corrected chi connectivity index (χ3v) is 7.44. The zero-order valence-electron chi connectivity index (χ0n) is 16.6. The van der Waals surface area contributed by atoms with Crippen LogP contribution >= 0.6 is 0 Å². The maximum absolute atomic E-state index is 12.6. The minimum absolute atomic E-state index is 0.00438. The van der Waals surface area contributed by atoms with Crippen LogP contribution in [-0.4, -0.2) is 33.7 Å². The zero-order chi connectivity index (χ0) is 20.4. The molecule has 1 unspecified atom stereocenters. The number of amides is 1. The van der Waals surface area contributed by atoms with Crippen molar-refractivity contribution in [3.05, 3.63) is 59.7 Å². The molecule has 28 heavy (non-hydrogen) atoms. The Morgan fingerprint density at radius 1 is 1.14 bits per heavy atom. The number of hydrogen-bond donors (Lipinski definition) is 1. The Hall–Kier alpha value is -2.34. The summed E-state index contributed by atoms with van der Waals surface area (Å²) in [4.78, 5) is 12.7. The van der Waals surface area contributed by atoms with Crippen LogP contribution in [0.25, 0.3) is 0 Å². The first-order chi connectivity index (χ1) is 13.3. The summed E-state index contributed by atoms with van der Waals surface area (Å²) < 4.78 is 30.3. The van der Waals surface area contributed by atoms with Crippen molar-refractivity contribution in [2.24, 2.45) is 5.92 Å². The van der Waals surface area contributed by atoms with Crippen LogP contribution in [0.2, 0.25) is 0 Å². The van der Waals surface area contributed by atoms with Gasteiger partial charge in [0.1, 0.15) is 5.75 Å².